The van der Waals surface area contributed by atoms with Crippen LogP contribution in [-0.4, -0.2) is 37.9 Å². The van der Waals surface area contributed by atoms with Crippen molar-refractivity contribution in [2.45, 2.75) is 19.4 Å². The molecule has 1 aromatic rings. The topological polar surface area (TPSA) is 67.8 Å². The third-order valence-electron chi connectivity index (χ3n) is 2.63. The van der Waals surface area contributed by atoms with Gasteiger partial charge in [0.05, 0.1) is 6.10 Å². The number of carbonyl (C=O) groups is 1. The molecule has 0 saturated heterocycles. The number of benzene rings is 1. The van der Waals surface area contributed by atoms with E-state index >= 15 is 0 Å². The molecule has 0 bridgehead atoms. The molecule has 0 saturated carbocycles. The maximum absolute atomic E-state index is 13.1. The highest BCUT2D eigenvalue weighted by Crippen LogP contribution is 2.25. The molecule has 0 fully saturated rings. The number of aliphatic hydroxyl groups is 1. The van der Waals surface area contributed by atoms with E-state index < -0.39 is 11.9 Å². The molecule has 0 heterocycles. The Balaban J connectivity index is 2.47. The standard InChI is InChI=1S/C14H20FNO4/c1-10(17)12-8-11(15)4-5-13(12)20-9-14(18)16-6-3-7-19-2/h4-5,8,10,17H,3,6-7,9H2,1-2H3,(H,16,18)/t10-/m1/s1. The molecule has 0 radical (unpaired) electrons. The number of carbonyl (C=O) groups excluding carboxylic acids is 1. The molecule has 1 rings (SSSR count). The Morgan fingerprint density at radius 2 is 2.25 bits per heavy atom. The lowest BCUT2D eigenvalue weighted by Gasteiger charge is -2.13. The van der Waals surface area contributed by atoms with Crippen LogP contribution in [0.1, 0.15) is 25.0 Å². The summed E-state index contributed by atoms with van der Waals surface area (Å²) < 4.78 is 23.3. The fourth-order valence-electron chi connectivity index (χ4n) is 1.62. The molecule has 112 valence electrons. The maximum Gasteiger partial charge on any atom is 0.257 e. The molecule has 20 heavy (non-hydrogen) atoms. The Morgan fingerprint density at radius 3 is 2.90 bits per heavy atom. The zero-order valence-electron chi connectivity index (χ0n) is 11.7. The van der Waals surface area contributed by atoms with E-state index in [4.69, 9.17) is 9.47 Å². The van der Waals surface area contributed by atoms with Crippen molar-refractivity contribution in [3.05, 3.63) is 29.6 Å². The van der Waals surface area contributed by atoms with Crippen molar-refractivity contribution in [1.82, 2.24) is 5.32 Å². The Morgan fingerprint density at radius 1 is 1.50 bits per heavy atom. The molecule has 0 spiro atoms. The molecule has 1 aromatic carbocycles. The van der Waals surface area contributed by atoms with Crippen molar-refractivity contribution in [2.24, 2.45) is 0 Å². The summed E-state index contributed by atoms with van der Waals surface area (Å²) in [6, 6.07) is 3.81. The Kier molecular flexibility index (Phi) is 6.97. The molecule has 0 aliphatic carbocycles. The first kappa shape index (κ1) is 16.4. The second-order valence-electron chi connectivity index (χ2n) is 4.34. The summed E-state index contributed by atoms with van der Waals surface area (Å²) in [6.45, 7) is 2.40. The number of amides is 1. The largest absolute Gasteiger partial charge is 0.483 e. The monoisotopic (exact) mass is 285 g/mol. The highest BCUT2D eigenvalue weighted by atomic mass is 19.1. The molecule has 2 N–H and O–H groups in total. The minimum Gasteiger partial charge on any atom is -0.483 e. The van der Waals surface area contributed by atoms with Gasteiger partial charge in [-0.25, -0.2) is 4.39 Å². The van der Waals surface area contributed by atoms with E-state index in [2.05, 4.69) is 5.32 Å². The molecule has 1 amide bonds. The van der Waals surface area contributed by atoms with Gasteiger partial charge in [0.15, 0.2) is 6.61 Å². The van der Waals surface area contributed by atoms with Crippen LogP contribution in [0.3, 0.4) is 0 Å². The quantitative estimate of drug-likeness (QED) is 0.709. The van der Waals surface area contributed by atoms with Gasteiger partial charge in [-0.05, 0) is 31.5 Å². The van der Waals surface area contributed by atoms with Gasteiger partial charge in [-0.3, -0.25) is 4.79 Å². The molecule has 1 atom stereocenters. The van der Waals surface area contributed by atoms with Crippen molar-refractivity contribution in [3.8, 4) is 5.75 Å². The third kappa shape index (κ3) is 5.54. The van der Waals surface area contributed by atoms with Gasteiger partial charge in [0.25, 0.3) is 5.91 Å². The van der Waals surface area contributed by atoms with Gasteiger partial charge < -0.3 is 19.9 Å². The number of ether oxygens (including phenoxy) is 2. The summed E-state index contributed by atoms with van der Waals surface area (Å²) in [5, 5.41) is 12.2. The van der Waals surface area contributed by atoms with Gasteiger partial charge in [-0.2, -0.15) is 0 Å². The Hall–Kier alpha value is -1.66. The van der Waals surface area contributed by atoms with Crippen molar-refractivity contribution < 1.29 is 23.8 Å². The van der Waals surface area contributed by atoms with Gasteiger partial charge in [-0.1, -0.05) is 0 Å². The second kappa shape index (κ2) is 8.50. The zero-order chi connectivity index (χ0) is 15.0. The lowest BCUT2D eigenvalue weighted by molar-refractivity contribution is -0.123. The van der Waals surface area contributed by atoms with E-state index in [1.165, 1.54) is 25.1 Å². The molecule has 0 unspecified atom stereocenters. The Labute approximate surface area is 117 Å². The number of rotatable bonds is 8. The number of hydrogen-bond donors (Lipinski definition) is 2. The fraction of sp³-hybridized carbons (Fsp3) is 0.500. The fourth-order valence-corrected chi connectivity index (χ4v) is 1.62. The number of aliphatic hydroxyl groups excluding tert-OH is 1. The van der Waals surface area contributed by atoms with E-state index in [1.54, 1.807) is 7.11 Å². The zero-order valence-corrected chi connectivity index (χ0v) is 11.7. The van der Waals surface area contributed by atoms with Crippen molar-refractivity contribution >= 4 is 5.91 Å². The summed E-state index contributed by atoms with van der Waals surface area (Å²) in [5.74, 6) is -0.437. The third-order valence-corrected chi connectivity index (χ3v) is 2.63. The lowest BCUT2D eigenvalue weighted by atomic mass is 10.1. The normalized spacial score (nSPS) is 12.0. The van der Waals surface area contributed by atoms with E-state index in [9.17, 15) is 14.3 Å². The van der Waals surface area contributed by atoms with Gasteiger partial charge in [0, 0.05) is 25.8 Å². The van der Waals surface area contributed by atoms with E-state index in [0.717, 1.165) is 6.42 Å². The number of hydrogen-bond acceptors (Lipinski definition) is 4. The van der Waals surface area contributed by atoms with Crippen LogP contribution in [0.15, 0.2) is 18.2 Å². The van der Waals surface area contributed by atoms with Gasteiger partial charge in [0.1, 0.15) is 11.6 Å². The summed E-state index contributed by atoms with van der Waals surface area (Å²) >= 11 is 0. The van der Waals surface area contributed by atoms with Crippen LogP contribution >= 0.6 is 0 Å². The first-order valence-electron chi connectivity index (χ1n) is 6.40. The van der Waals surface area contributed by atoms with Crippen LogP contribution in [0.4, 0.5) is 4.39 Å². The van der Waals surface area contributed by atoms with Crippen LogP contribution < -0.4 is 10.1 Å². The molecular formula is C14H20FNO4. The predicted molar refractivity (Wildman–Crippen MR) is 72.0 cm³/mol. The predicted octanol–water partition coefficient (Wildman–Crippen LogP) is 1.41. The van der Waals surface area contributed by atoms with Crippen LogP contribution in [-0.2, 0) is 9.53 Å². The van der Waals surface area contributed by atoms with Crippen molar-refractivity contribution in [3.63, 3.8) is 0 Å². The smallest absolute Gasteiger partial charge is 0.257 e. The Bertz CT molecular complexity index is 437. The van der Waals surface area contributed by atoms with E-state index in [0.29, 0.717) is 24.5 Å². The summed E-state index contributed by atoms with van der Waals surface area (Å²) in [4.78, 5) is 11.5. The summed E-state index contributed by atoms with van der Waals surface area (Å²) in [5.41, 5.74) is 0.317. The molecule has 0 aliphatic heterocycles. The van der Waals surface area contributed by atoms with Gasteiger partial charge in [0.2, 0.25) is 0 Å². The summed E-state index contributed by atoms with van der Waals surface area (Å²) in [7, 11) is 1.59. The number of halogens is 1. The molecular weight excluding hydrogens is 265 g/mol. The van der Waals surface area contributed by atoms with Crippen LogP contribution in [0.5, 0.6) is 5.75 Å². The van der Waals surface area contributed by atoms with Crippen LogP contribution in [0.2, 0.25) is 0 Å². The molecule has 0 aromatic heterocycles. The average molecular weight is 285 g/mol. The lowest BCUT2D eigenvalue weighted by Crippen LogP contribution is -2.30. The number of methoxy groups -OCH3 is 1. The van der Waals surface area contributed by atoms with Crippen LogP contribution in [0, 0.1) is 5.82 Å². The van der Waals surface area contributed by atoms with E-state index in [1.807, 2.05) is 0 Å². The minimum absolute atomic E-state index is 0.182. The molecule has 5 nitrogen and oxygen atoms in total. The van der Waals surface area contributed by atoms with E-state index in [-0.39, 0.29) is 12.5 Å². The molecule has 6 heteroatoms. The minimum atomic E-state index is -0.870. The van der Waals surface area contributed by atoms with Gasteiger partial charge >= 0.3 is 0 Å². The van der Waals surface area contributed by atoms with Crippen molar-refractivity contribution in [2.75, 3.05) is 26.9 Å². The number of nitrogens with one attached hydrogen (secondary N) is 1. The first-order valence-corrected chi connectivity index (χ1v) is 6.40. The van der Waals surface area contributed by atoms with Crippen LogP contribution in [0.25, 0.3) is 0 Å². The van der Waals surface area contributed by atoms with Gasteiger partial charge in [-0.15, -0.1) is 0 Å². The summed E-state index contributed by atoms with van der Waals surface area (Å²) in [6.07, 6.45) is -0.150. The SMILES string of the molecule is COCCCNC(=O)COc1ccc(F)cc1[C@@H](C)O. The highest BCUT2D eigenvalue weighted by Gasteiger charge is 2.12. The van der Waals surface area contributed by atoms with Crippen molar-refractivity contribution in [1.29, 1.82) is 0 Å². The first-order chi connectivity index (χ1) is 9.54. The highest BCUT2D eigenvalue weighted by molar-refractivity contribution is 5.77. The molecule has 0 aliphatic rings. The average Bonchev–Trinajstić information content (AvgIpc) is 2.42. The maximum atomic E-state index is 13.1. The second-order valence-corrected chi connectivity index (χ2v) is 4.34.